The van der Waals surface area contributed by atoms with Crippen LogP contribution in [0.4, 0.5) is 10.5 Å². The van der Waals surface area contributed by atoms with Crippen molar-refractivity contribution in [1.82, 2.24) is 5.32 Å². The first-order valence-electron chi connectivity index (χ1n) is 7.27. The van der Waals surface area contributed by atoms with Crippen LogP contribution in [-0.4, -0.2) is 36.0 Å². The van der Waals surface area contributed by atoms with Crippen LogP contribution >= 0.6 is 15.9 Å². The van der Waals surface area contributed by atoms with Gasteiger partial charge in [-0.25, -0.2) is 4.79 Å². The smallest absolute Gasteiger partial charge is 0.407 e. The number of rotatable bonds is 7. The fourth-order valence-electron chi connectivity index (χ4n) is 1.70. The van der Waals surface area contributed by atoms with E-state index in [1.54, 1.807) is 20.8 Å². The second kappa shape index (κ2) is 8.74. The number of carbonyl (C=O) groups is 2. The second-order valence-corrected chi connectivity index (χ2v) is 6.79. The molecule has 0 atom stereocenters. The predicted molar refractivity (Wildman–Crippen MR) is 92.4 cm³/mol. The van der Waals surface area contributed by atoms with Crippen molar-refractivity contribution >= 4 is 33.6 Å². The van der Waals surface area contributed by atoms with Gasteiger partial charge in [0.2, 0.25) is 5.91 Å². The Labute approximate surface area is 148 Å². The van der Waals surface area contributed by atoms with E-state index < -0.39 is 17.6 Å². The molecule has 0 aliphatic carbocycles. The summed E-state index contributed by atoms with van der Waals surface area (Å²) in [5, 5.41) is 11.8. The molecule has 1 rings (SSSR count). The highest BCUT2D eigenvalue weighted by Gasteiger charge is 2.16. The zero-order valence-corrected chi connectivity index (χ0v) is 15.4. The minimum absolute atomic E-state index is 0.239. The molecule has 134 valence electrons. The Hall–Kier alpha value is -2.00. The van der Waals surface area contributed by atoms with Gasteiger partial charge in [0.05, 0.1) is 6.61 Å². The number of anilines is 1. The maximum Gasteiger partial charge on any atom is 0.407 e. The van der Waals surface area contributed by atoms with Crippen LogP contribution in [0, 0.1) is 0 Å². The van der Waals surface area contributed by atoms with Gasteiger partial charge in [0.25, 0.3) is 0 Å². The number of benzene rings is 1. The Morgan fingerprint density at radius 3 is 2.54 bits per heavy atom. The number of nitrogens with one attached hydrogen (secondary N) is 2. The standard InChI is InChI=1S/C15H22BrN3O5/c1-15(2,3)24-14(21)18-5-4-6-23-11-8-9(13(17)20)7-10(16)12(11)19-22/h7-8,19,22H,4-6H2,1-3H3,(H2,17,20)(H,18,21). The lowest BCUT2D eigenvalue weighted by Crippen LogP contribution is -2.33. The van der Waals surface area contributed by atoms with Gasteiger partial charge < -0.3 is 20.5 Å². The maximum absolute atomic E-state index is 11.5. The molecule has 5 N–H and O–H groups in total. The van der Waals surface area contributed by atoms with Crippen molar-refractivity contribution in [2.45, 2.75) is 32.8 Å². The summed E-state index contributed by atoms with van der Waals surface area (Å²) in [5.41, 5.74) is 7.21. The van der Waals surface area contributed by atoms with Crippen molar-refractivity contribution in [2.75, 3.05) is 18.6 Å². The van der Waals surface area contributed by atoms with E-state index in [0.29, 0.717) is 17.4 Å². The molecule has 0 aliphatic heterocycles. The van der Waals surface area contributed by atoms with Gasteiger partial charge in [-0.15, -0.1) is 0 Å². The molecule has 8 nitrogen and oxygen atoms in total. The number of amides is 2. The monoisotopic (exact) mass is 403 g/mol. The van der Waals surface area contributed by atoms with Crippen molar-refractivity contribution in [2.24, 2.45) is 5.73 Å². The topological polar surface area (TPSA) is 123 Å². The summed E-state index contributed by atoms with van der Waals surface area (Å²) in [7, 11) is 0. The molecule has 0 aromatic heterocycles. The summed E-state index contributed by atoms with van der Waals surface area (Å²) >= 11 is 3.21. The van der Waals surface area contributed by atoms with Crippen LogP contribution in [0.2, 0.25) is 0 Å². The van der Waals surface area contributed by atoms with Crippen LogP contribution in [-0.2, 0) is 4.74 Å². The largest absolute Gasteiger partial charge is 0.491 e. The SMILES string of the molecule is CC(C)(C)OC(=O)NCCCOc1cc(C(N)=O)cc(Br)c1NO. The van der Waals surface area contributed by atoms with Gasteiger partial charge in [0, 0.05) is 16.6 Å². The molecule has 0 heterocycles. The molecule has 2 amide bonds. The van der Waals surface area contributed by atoms with Crippen LogP contribution < -0.4 is 21.3 Å². The van der Waals surface area contributed by atoms with E-state index in [9.17, 15) is 9.59 Å². The normalized spacial score (nSPS) is 10.9. The van der Waals surface area contributed by atoms with E-state index >= 15 is 0 Å². The van der Waals surface area contributed by atoms with Crippen molar-refractivity contribution in [3.8, 4) is 5.75 Å². The van der Waals surface area contributed by atoms with Crippen LogP contribution in [0.15, 0.2) is 16.6 Å². The average molecular weight is 404 g/mol. The predicted octanol–water partition coefficient (Wildman–Crippen LogP) is 2.64. The lowest BCUT2D eigenvalue weighted by molar-refractivity contribution is 0.0525. The molecule has 0 saturated heterocycles. The number of hydrogen-bond donors (Lipinski definition) is 4. The second-order valence-electron chi connectivity index (χ2n) is 5.94. The van der Waals surface area contributed by atoms with Crippen molar-refractivity contribution in [1.29, 1.82) is 0 Å². The molecule has 0 aliphatic rings. The Kier molecular flexibility index (Phi) is 7.30. The van der Waals surface area contributed by atoms with E-state index in [0.717, 1.165) is 0 Å². The number of hydrogen-bond acceptors (Lipinski definition) is 6. The molecule has 0 bridgehead atoms. The van der Waals surface area contributed by atoms with Crippen molar-refractivity contribution in [3.05, 3.63) is 22.2 Å². The van der Waals surface area contributed by atoms with Gasteiger partial charge in [0.1, 0.15) is 17.0 Å². The third kappa shape index (κ3) is 6.63. The third-order valence-electron chi connectivity index (χ3n) is 2.70. The van der Waals surface area contributed by atoms with E-state index in [1.807, 2.05) is 5.48 Å². The first-order chi connectivity index (χ1) is 11.1. The quantitative estimate of drug-likeness (QED) is 0.409. The Bertz CT molecular complexity index is 602. The molecule has 24 heavy (non-hydrogen) atoms. The van der Waals surface area contributed by atoms with Gasteiger partial charge >= 0.3 is 6.09 Å². The summed E-state index contributed by atoms with van der Waals surface area (Å²) in [4.78, 5) is 22.8. The lowest BCUT2D eigenvalue weighted by Gasteiger charge is -2.19. The van der Waals surface area contributed by atoms with Crippen LogP contribution in [0.5, 0.6) is 5.75 Å². The number of alkyl carbamates (subject to hydrolysis) is 1. The summed E-state index contributed by atoms with van der Waals surface area (Å²) in [6, 6.07) is 2.89. The van der Waals surface area contributed by atoms with Gasteiger partial charge in [0.15, 0.2) is 0 Å². The minimum Gasteiger partial charge on any atom is -0.491 e. The lowest BCUT2D eigenvalue weighted by atomic mass is 10.2. The highest BCUT2D eigenvalue weighted by molar-refractivity contribution is 9.10. The summed E-state index contributed by atoms with van der Waals surface area (Å²) in [5.74, 6) is -0.352. The minimum atomic E-state index is -0.614. The van der Waals surface area contributed by atoms with Crippen LogP contribution in [0.1, 0.15) is 37.6 Å². The Morgan fingerprint density at radius 2 is 2.00 bits per heavy atom. The molecule has 0 saturated carbocycles. The van der Waals surface area contributed by atoms with Gasteiger partial charge in [-0.2, -0.15) is 0 Å². The number of nitrogens with two attached hydrogens (primary N) is 1. The molecule has 0 fully saturated rings. The molecule has 1 aromatic rings. The zero-order chi connectivity index (χ0) is 18.3. The molecule has 0 spiro atoms. The number of ether oxygens (including phenoxy) is 2. The third-order valence-corrected chi connectivity index (χ3v) is 3.32. The molecular formula is C15H22BrN3O5. The van der Waals surface area contributed by atoms with Gasteiger partial charge in [-0.1, -0.05) is 0 Å². The summed E-state index contributed by atoms with van der Waals surface area (Å²) in [6.45, 7) is 5.95. The zero-order valence-electron chi connectivity index (χ0n) is 13.8. The average Bonchev–Trinajstić information content (AvgIpc) is 2.44. The van der Waals surface area contributed by atoms with Crippen molar-refractivity contribution < 1.29 is 24.3 Å². The van der Waals surface area contributed by atoms with Crippen LogP contribution in [0.25, 0.3) is 0 Å². The van der Waals surface area contributed by atoms with E-state index in [1.165, 1.54) is 12.1 Å². The first-order valence-corrected chi connectivity index (χ1v) is 8.06. The fraction of sp³-hybridized carbons (Fsp3) is 0.467. The first kappa shape index (κ1) is 20.0. The molecule has 1 aromatic carbocycles. The molecule has 0 radical (unpaired) electrons. The Balaban J connectivity index is 2.53. The number of halogens is 1. The van der Waals surface area contributed by atoms with Crippen molar-refractivity contribution in [3.63, 3.8) is 0 Å². The highest BCUT2D eigenvalue weighted by atomic mass is 79.9. The van der Waals surface area contributed by atoms with Gasteiger partial charge in [-0.3, -0.25) is 15.5 Å². The highest BCUT2D eigenvalue weighted by Crippen LogP contribution is 2.34. The van der Waals surface area contributed by atoms with Crippen LogP contribution in [0.3, 0.4) is 0 Å². The van der Waals surface area contributed by atoms with E-state index in [2.05, 4.69) is 21.2 Å². The number of primary amides is 1. The fourth-order valence-corrected chi connectivity index (χ4v) is 2.24. The summed E-state index contributed by atoms with van der Waals surface area (Å²) < 4.78 is 11.1. The van der Waals surface area contributed by atoms with E-state index in [4.69, 9.17) is 20.4 Å². The molecule has 9 heteroatoms. The van der Waals surface area contributed by atoms with Gasteiger partial charge in [-0.05, 0) is 55.3 Å². The number of carbonyl (C=O) groups excluding carboxylic acids is 2. The maximum atomic E-state index is 11.5. The van der Waals surface area contributed by atoms with E-state index in [-0.39, 0.29) is 23.6 Å². The molecule has 0 unspecified atom stereocenters. The molecular weight excluding hydrogens is 382 g/mol. The summed E-state index contributed by atoms with van der Waals surface area (Å²) in [6.07, 6.45) is 0.00129. The Morgan fingerprint density at radius 1 is 1.33 bits per heavy atom.